The molecule has 3 N–H and O–H groups in total. The molecule has 0 fully saturated rings. The molecule has 0 amide bonds. The fraction of sp³-hybridized carbons (Fsp3) is 0.762. The summed E-state index contributed by atoms with van der Waals surface area (Å²) in [5.41, 5.74) is 0. The van der Waals surface area contributed by atoms with Crippen molar-refractivity contribution in [2.45, 2.75) is 187 Å². The predicted octanol–water partition coefficient (Wildman–Crippen LogP) is 11.2. The van der Waals surface area contributed by atoms with Gasteiger partial charge in [0.05, 0.1) is 12.7 Å². The van der Waals surface area contributed by atoms with Gasteiger partial charge in [0.2, 0.25) is 0 Å². The number of phosphoric ester groups is 1. The molecule has 0 rings (SSSR count). The number of esters is 2. The van der Waals surface area contributed by atoms with Crippen molar-refractivity contribution in [2.75, 3.05) is 13.2 Å². The number of hydrogen-bond acceptors (Lipinski definition) is 7. The molecule has 0 aromatic heterocycles. The summed E-state index contributed by atoms with van der Waals surface area (Å²) in [5.74, 6) is -0.150. The first-order valence-electron chi connectivity index (χ1n) is 20.4. The SMILES string of the molecule is CCCC(O)C/C=C\C/C=C\C/C=C\C/C=C\CCCC(=O)O[C@H](COC(=O)CCCCCCCCCCCCCCCC(C)C)COP(=O)(O)O. The normalized spacial score (nSPS) is 13.7. The van der Waals surface area contributed by atoms with Crippen LogP contribution in [-0.4, -0.2) is 52.3 Å². The van der Waals surface area contributed by atoms with E-state index in [0.29, 0.717) is 25.7 Å². The van der Waals surface area contributed by atoms with E-state index in [0.717, 1.165) is 50.9 Å². The molecule has 302 valence electrons. The molecule has 52 heavy (non-hydrogen) atoms. The summed E-state index contributed by atoms with van der Waals surface area (Å²) < 4.78 is 26.3. The molecule has 10 heteroatoms. The van der Waals surface area contributed by atoms with Crippen LogP contribution in [-0.2, 0) is 28.2 Å². The molecule has 0 aromatic carbocycles. The first-order valence-corrected chi connectivity index (χ1v) is 21.9. The Balaban J connectivity index is 4.05. The Morgan fingerprint density at radius 3 is 1.62 bits per heavy atom. The minimum absolute atomic E-state index is 0.121. The average Bonchev–Trinajstić information content (AvgIpc) is 3.09. The van der Waals surface area contributed by atoms with Crippen molar-refractivity contribution in [2.24, 2.45) is 5.92 Å². The van der Waals surface area contributed by atoms with Crippen LogP contribution in [0.1, 0.15) is 175 Å². The lowest BCUT2D eigenvalue weighted by molar-refractivity contribution is -0.161. The summed E-state index contributed by atoms with van der Waals surface area (Å²) in [6, 6.07) is 0. The van der Waals surface area contributed by atoms with Crippen LogP contribution in [0.15, 0.2) is 48.6 Å². The predicted molar refractivity (Wildman–Crippen MR) is 213 cm³/mol. The third kappa shape index (κ3) is 39.2. The van der Waals surface area contributed by atoms with Crippen molar-refractivity contribution in [3.63, 3.8) is 0 Å². The fourth-order valence-electron chi connectivity index (χ4n) is 5.57. The van der Waals surface area contributed by atoms with Crippen LogP contribution >= 0.6 is 7.82 Å². The standard InChI is InChI=1S/C42H75O9P/c1-4-31-39(43)33-28-24-20-16-12-8-6-10-14-18-22-26-30-35-42(45)51-40(37-50-52(46,47)48)36-49-41(44)34-29-25-21-17-13-9-5-7-11-15-19-23-27-32-38(2)3/h6,10,12,16,18,22,24,28,38-40,43H,4-5,7-9,11,13-15,17,19-21,23,25-27,29-37H2,1-3H3,(H2,46,47,48)/b10-6-,16-12-,22-18-,28-24-/t39?,40-/m1/s1. The summed E-state index contributed by atoms with van der Waals surface area (Å²) in [6.07, 6.45) is 39.0. The van der Waals surface area contributed by atoms with E-state index in [9.17, 15) is 19.3 Å². The van der Waals surface area contributed by atoms with Crippen molar-refractivity contribution in [3.8, 4) is 0 Å². The molecule has 0 saturated heterocycles. The second-order valence-electron chi connectivity index (χ2n) is 14.3. The number of phosphoric acid groups is 1. The lowest BCUT2D eigenvalue weighted by Gasteiger charge is -2.18. The van der Waals surface area contributed by atoms with E-state index in [-0.39, 0.29) is 25.6 Å². The molecule has 0 heterocycles. The third-order valence-electron chi connectivity index (χ3n) is 8.58. The van der Waals surface area contributed by atoms with Gasteiger partial charge in [-0.3, -0.25) is 14.1 Å². The molecule has 9 nitrogen and oxygen atoms in total. The Labute approximate surface area is 317 Å². The van der Waals surface area contributed by atoms with E-state index in [1.165, 1.54) is 70.6 Å². The summed E-state index contributed by atoms with van der Waals surface area (Å²) in [4.78, 5) is 42.8. The molecule has 0 aromatic rings. The third-order valence-corrected chi connectivity index (χ3v) is 9.07. The molecule has 1 unspecified atom stereocenters. The van der Waals surface area contributed by atoms with Gasteiger partial charge in [-0.15, -0.1) is 0 Å². The fourth-order valence-corrected chi connectivity index (χ4v) is 5.93. The topological polar surface area (TPSA) is 140 Å². The van der Waals surface area contributed by atoms with Gasteiger partial charge in [-0.05, 0) is 57.3 Å². The van der Waals surface area contributed by atoms with Crippen LogP contribution in [0.3, 0.4) is 0 Å². The Bertz CT molecular complexity index is 1010. The Morgan fingerprint density at radius 1 is 0.615 bits per heavy atom. The first kappa shape index (κ1) is 50.0. The molecular weight excluding hydrogens is 679 g/mol. The van der Waals surface area contributed by atoms with Crippen LogP contribution in [0.5, 0.6) is 0 Å². The van der Waals surface area contributed by atoms with Gasteiger partial charge in [0.15, 0.2) is 6.10 Å². The number of hydrogen-bond donors (Lipinski definition) is 3. The van der Waals surface area contributed by atoms with Crippen molar-refractivity contribution < 1.29 is 43.0 Å². The van der Waals surface area contributed by atoms with Gasteiger partial charge in [0, 0.05) is 12.8 Å². The van der Waals surface area contributed by atoms with E-state index in [1.54, 1.807) is 0 Å². The van der Waals surface area contributed by atoms with Crippen molar-refractivity contribution in [3.05, 3.63) is 48.6 Å². The number of aliphatic hydroxyl groups excluding tert-OH is 1. The first-order chi connectivity index (χ1) is 25.0. The maximum absolute atomic E-state index is 12.4. The second kappa shape index (κ2) is 36.0. The van der Waals surface area contributed by atoms with Gasteiger partial charge < -0.3 is 24.4 Å². The van der Waals surface area contributed by atoms with Gasteiger partial charge in [-0.25, -0.2) is 4.57 Å². The summed E-state index contributed by atoms with van der Waals surface area (Å²) in [6.45, 7) is 5.77. The molecule has 0 aliphatic heterocycles. The molecular formula is C42H75O9P. The molecule has 2 atom stereocenters. The average molecular weight is 755 g/mol. The Morgan fingerprint density at radius 2 is 1.10 bits per heavy atom. The van der Waals surface area contributed by atoms with Gasteiger partial charge in [-0.2, -0.15) is 0 Å². The Kier molecular flexibility index (Phi) is 34.6. The lowest BCUT2D eigenvalue weighted by atomic mass is 10.0. The van der Waals surface area contributed by atoms with Crippen LogP contribution in [0, 0.1) is 5.92 Å². The van der Waals surface area contributed by atoms with E-state index >= 15 is 0 Å². The second-order valence-corrected chi connectivity index (χ2v) is 15.5. The minimum atomic E-state index is -4.78. The number of unbranched alkanes of at least 4 members (excludes halogenated alkanes) is 13. The molecule has 0 radical (unpaired) electrons. The zero-order chi connectivity index (χ0) is 38.5. The van der Waals surface area contributed by atoms with Crippen LogP contribution in [0.25, 0.3) is 0 Å². The number of aliphatic hydroxyl groups is 1. The Hall–Kier alpha value is -2.03. The summed E-state index contributed by atoms with van der Waals surface area (Å²) >= 11 is 0. The number of allylic oxidation sites excluding steroid dienone is 7. The number of ether oxygens (including phenoxy) is 2. The van der Waals surface area contributed by atoms with E-state index in [4.69, 9.17) is 19.3 Å². The highest BCUT2D eigenvalue weighted by Gasteiger charge is 2.22. The minimum Gasteiger partial charge on any atom is -0.462 e. The van der Waals surface area contributed by atoms with Crippen LogP contribution in [0.4, 0.5) is 0 Å². The van der Waals surface area contributed by atoms with E-state index < -0.39 is 32.5 Å². The highest BCUT2D eigenvalue weighted by molar-refractivity contribution is 7.46. The highest BCUT2D eigenvalue weighted by Crippen LogP contribution is 2.36. The maximum atomic E-state index is 12.4. The van der Waals surface area contributed by atoms with Crippen LogP contribution < -0.4 is 0 Å². The quantitative estimate of drug-likeness (QED) is 0.0247. The van der Waals surface area contributed by atoms with Crippen molar-refractivity contribution >= 4 is 19.8 Å². The van der Waals surface area contributed by atoms with Gasteiger partial charge in [-0.1, -0.05) is 159 Å². The molecule has 0 aliphatic rings. The highest BCUT2D eigenvalue weighted by atomic mass is 31.2. The van der Waals surface area contributed by atoms with Crippen molar-refractivity contribution in [1.29, 1.82) is 0 Å². The maximum Gasteiger partial charge on any atom is 0.469 e. The van der Waals surface area contributed by atoms with E-state index in [2.05, 4.69) is 55.7 Å². The van der Waals surface area contributed by atoms with Gasteiger partial charge in [0.1, 0.15) is 6.61 Å². The summed E-state index contributed by atoms with van der Waals surface area (Å²) in [5, 5.41) is 9.70. The number of rotatable bonds is 36. The largest absolute Gasteiger partial charge is 0.469 e. The summed E-state index contributed by atoms with van der Waals surface area (Å²) in [7, 11) is -4.78. The van der Waals surface area contributed by atoms with Gasteiger partial charge >= 0.3 is 19.8 Å². The molecule has 0 bridgehead atoms. The number of carbonyl (C=O) groups excluding carboxylic acids is 2. The van der Waals surface area contributed by atoms with E-state index in [1.807, 2.05) is 18.2 Å². The molecule has 0 spiro atoms. The van der Waals surface area contributed by atoms with Gasteiger partial charge in [0.25, 0.3) is 0 Å². The zero-order valence-corrected chi connectivity index (χ0v) is 33.9. The smallest absolute Gasteiger partial charge is 0.462 e. The monoisotopic (exact) mass is 755 g/mol. The molecule has 0 saturated carbocycles. The zero-order valence-electron chi connectivity index (χ0n) is 33.0. The number of carbonyl (C=O) groups is 2. The van der Waals surface area contributed by atoms with Crippen LogP contribution in [0.2, 0.25) is 0 Å². The lowest BCUT2D eigenvalue weighted by Crippen LogP contribution is -2.29. The van der Waals surface area contributed by atoms with Crippen molar-refractivity contribution in [1.82, 2.24) is 0 Å². The molecule has 0 aliphatic carbocycles.